The summed E-state index contributed by atoms with van der Waals surface area (Å²) in [5, 5.41) is 2.81. The molecule has 0 aliphatic rings. The van der Waals surface area contributed by atoms with E-state index < -0.39 is 17.8 Å². The molecule has 0 spiro atoms. The van der Waals surface area contributed by atoms with Crippen molar-refractivity contribution in [2.45, 2.75) is 39.4 Å². The second-order valence-electron chi connectivity index (χ2n) is 6.57. The average molecular weight is 372 g/mol. The fourth-order valence-electron chi connectivity index (χ4n) is 2.55. The Balaban J connectivity index is 2.13. The lowest BCUT2D eigenvalue weighted by Gasteiger charge is -2.29. The van der Waals surface area contributed by atoms with Crippen LogP contribution in [0.3, 0.4) is 0 Å². The number of ether oxygens (including phenoxy) is 1. The summed E-state index contributed by atoms with van der Waals surface area (Å²) >= 11 is 0. The van der Waals surface area contributed by atoms with E-state index in [1.54, 1.807) is 19.1 Å². The third-order valence-corrected chi connectivity index (χ3v) is 3.98. The van der Waals surface area contributed by atoms with Gasteiger partial charge in [0.05, 0.1) is 0 Å². The van der Waals surface area contributed by atoms with Gasteiger partial charge < -0.3 is 15.0 Å². The topological polar surface area (TPSA) is 58.6 Å². The number of nitrogens with one attached hydrogen (secondary N) is 1. The van der Waals surface area contributed by atoms with E-state index in [1.807, 2.05) is 44.2 Å². The number of para-hydroxylation sites is 1. The molecule has 0 radical (unpaired) electrons. The number of amides is 2. The van der Waals surface area contributed by atoms with E-state index in [2.05, 4.69) is 5.32 Å². The summed E-state index contributed by atoms with van der Waals surface area (Å²) < 4.78 is 19.0. The predicted octanol–water partition coefficient (Wildman–Crippen LogP) is 3.15. The number of hydrogen-bond acceptors (Lipinski definition) is 3. The third-order valence-electron chi connectivity index (χ3n) is 3.98. The van der Waals surface area contributed by atoms with Gasteiger partial charge in [0.25, 0.3) is 5.91 Å². The lowest BCUT2D eigenvalue weighted by atomic mass is 10.1. The Bertz CT molecular complexity index is 765. The van der Waals surface area contributed by atoms with Crippen LogP contribution in [0.15, 0.2) is 54.6 Å². The zero-order valence-corrected chi connectivity index (χ0v) is 15.8. The van der Waals surface area contributed by atoms with E-state index in [4.69, 9.17) is 4.74 Å². The maximum absolute atomic E-state index is 13.7. The van der Waals surface area contributed by atoms with Gasteiger partial charge in [-0.05, 0) is 38.5 Å². The summed E-state index contributed by atoms with van der Waals surface area (Å²) in [4.78, 5) is 26.6. The van der Waals surface area contributed by atoms with Gasteiger partial charge in [-0.2, -0.15) is 0 Å². The first kappa shape index (κ1) is 20.4. The molecule has 0 heterocycles. The minimum absolute atomic E-state index is 0.00444. The van der Waals surface area contributed by atoms with Crippen LogP contribution in [0.25, 0.3) is 0 Å². The van der Waals surface area contributed by atoms with Crippen molar-refractivity contribution in [1.29, 1.82) is 0 Å². The number of nitrogens with zero attached hydrogens (tertiary/aromatic N) is 1. The zero-order valence-electron chi connectivity index (χ0n) is 15.8. The number of benzene rings is 2. The number of hydrogen-bond donors (Lipinski definition) is 1. The highest BCUT2D eigenvalue weighted by atomic mass is 19.1. The molecule has 2 aromatic carbocycles. The standard InChI is InChI=1S/C21H25FN2O3/c1-15(2)23-21(26)16(3)24(13-17-9-5-4-6-10-17)20(25)14-27-19-12-8-7-11-18(19)22/h4-12,15-16H,13-14H2,1-3H3,(H,23,26)/t16-/m0/s1. The van der Waals surface area contributed by atoms with Crippen LogP contribution in [0.5, 0.6) is 5.75 Å². The van der Waals surface area contributed by atoms with Gasteiger partial charge in [0.1, 0.15) is 6.04 Å². The van der Waals surface area contributed by atoms with Crippen LogP contribution < -0.4 is 10.1 Å². The predicted molar refractivity (Wildman–Crippen MR) is 102 cm³/mol. The summed E-state index contributed by atoms with van der Waals surface area (Å²) in [7, 11) is 0. The van der Waals surface area contributed by atoms with Crippen molar-refractivity contribution in [3.63, 3.8) is 0 Å². The molecule has 0 saturated heterocycles. The van der Waals surface area contributed by atoms with Gasteiger partial charge in [0.15, 0.2) is 18.2 Å². The van der Waals surface area contributed by atoms with Gasteiger partial charge in [-0.15, -0.1) is 0 Å². The maximum atomic E-state index is 13.7. The fourth-order valence-corrected chi connectivity index (χ4v) is 2.55. The fraction of sp³-hybridized carbons (Fsp3) is 0.333. The van der Waals surface area contributed by atoms with Crippen LogP contribution in [-0.2, 0) is 16.1 Å². The number of carbonyl (C=O) groups is 2. The largest absolute Gasteiger partial charge is 0.481 e. The number of carbonyl (C=O) groups excluding carboxylic acids is 2. The molecule has 6 heteroatoms. The molecule has 0 unspecified atom stereocenters. The van der Waals surface area contributed by atoms with Gasteiger partial charge in [-0.25, -0.2) is 4.39 Å². The van der Waals surface area contributed by atoms with Crippen LogP contribution in [-0.4, -0.2) is 35.4 Å². The zero-order chi connectivity index (χ0) is 19.8. The molecule has 0 fully saturated rings. The molecule has 0 bridgehead atoms. The summed E-state index contributed by atoms with van der Waals surface area (Å²) in [6.07, 6.45) is 0. The van der Waals surface area contributed by atoms with Crippen LogP contribution in [0.2, 0.25) is 0 Å². The molecule has 2 rings (SSSR count). The molecule has 2 amide bonds. The first-order chi connectivity index (χ1) is 12.9. The summed E-state index contributed by atoms with van der Waals surface area (Å²) in [5.41, 5.74) is 0.890. The smallest absolute Gasteiger partial charge is 0.261 e. The molecule has 0 aliphatic heterocycles. The minimum Gasteiger partial charge on any atom is -0.481 e. The molecular weight excluding hydrogens is 347 g/mol. The van der Waals surface area contributed by atoms with Gasteiger partial charge in [0, 0.05) is 12.6 Å². The molecule has 1 atom stereocenters. The highest BCUT2D eigenvalue weighted by Gasteiger charge is 2.27. The first-order valence-corrected chi connectivity index (χ1v) is 8.89. The summed E-state index contributed by atoms with van der Waals surface area (Å²) in [6.45, 7) is 5.28. The van der Waals surface area contributed by atoms with Crippen LogP contribution in [0.4, 0.5) is 4.39 Å². The van der Waals surface area contributed by atoms with Gasteiger partial charge >= 0.3 is 0 Å². The lowest BCUT2D eigenvalue weighted by molar-refractivity contribution is -0.142. The highest BCUT2D eigenvalue weighted by Crippen LogP contribution is 2.16. The van der Waals surface area contributed by atoms with E-state index in [-0.39, 0.29) is 30.9 Å². The van der Waals surface area contributed by atoms with Crippen molar-refractivity contribution in [3.8, 4) is 5.75 Å². The average Bonchev–Trinajstić information content (AvgIpc) is 2.65. The quantitative estimate of drug-likeness (QED) is 0.774. The Kier molecular flexibility index (Phi) is 7.34. The maximum Gasteiger partial charge on any atom is 0.261 e. The Morgan fingerprint density at radius 3 is 2.30 bits per heavy atom. The van der Waals surface area contributed by atoms with E-state index in [0.29, 0.717) is 0 Å². The van der Waals surface area contributed by atoms with Crippen molar-refractivity contribution in [1.82, 2.24) is 10.2 Å². The number of halogens is 1. The third kappa shape index (κ3) is 6.09. The Morgan fingerprint density at radius 2 is 1.67 bits per heavy atom. The monoisotopic (exact) mass is 372 g/mol. The van der Waals surface area contributed by atoms with E-state index in [1.165, 1.54) is 17.0 Å². The summed E-state index contributed by atoms with van der Waals surface area (Å²) in [5.74, 6) is -1.18. The number of rotatable bonds is 8. The lowest BCUT2D eigenvalue weighted by Crippen LogP contribution is -2.50. The van der Waals surface area contributed by atoms with Crippen LogP contribution >= 0.6 is 0 Å². The van der Waals surface area contributed by atoms with Crippen molar-refractivity contribution < 1.29 is 18.7 Å². The van der Waals surface area contributed by atoms with Crippen molar-refractivity contribution in [3.05, 3.63) is 66.0 Å². The molecule has 1 N–H and O–H groups in total. The first-order valence-electron chi connectivity index (χ1n) is 8.89. The van der Waals surface area contributed by atoms with E-state index >= 15 is 0 Å². The minimum atomic E-state index is -0.690. The Labute approximate surface area is 159 Å². The molecule has 2 aromatic rings. The molecule has 0 aliphatic carbocycles. The normalized spacial score (nSPS) is 11.7. The van der Waals surface area contributed by atoms with Crippen molar-refractivity contribution in [2.75, 3.05) is 6.61 Å². The molecule has 27 heavy (non-hydrogen) atoms. The highest BCUT2D eigenvalue weighted by molar-refractivity contribution is 5.88. The molecule has 144 valence electrons. The second-order valence-corrected chi connectivity index (χ2v) is 6.57. The molecule has 0 aromatic heterocycles. The van der Waals surface area contributed by atoms with Crippen LogP contribution in [0.1, 0.15) is 26.3 Å². The molecular formula is C21H25FN2O3. The van der Waals surface area contributed by atoms with Gasteiger partial charge in [-0.3, -0.25) is 9.59 Å². The van der Waals surface area contributed by atoms with Gasteiger partial charge in [0.2, 0.25) is 5.91 Å². The summed E-state index contributed by atoms with van der Waals surface area (Å²) in [6, 6.07) is 14.5. The van der Waals surface area contributed by atoms with Crippen LogP contribution in [0, 0.1) is 5.82 Å². The Hall–Kier alpha value is -2.89. The molecule has 0 saturated carbocycles. The van der Waals surface area contributed by atoms with Crippen molar-refractivity contribution in [2.24, 2.45) is 0 Å². The molecule has 5 nitrogen and oxygen atoms in total. The SMILES string of the molecule is CC(C)NC(=O)[C@H](C)N(Cc1ccccc1)C(=O)COc1ccccc1F. The van der Waals surface area contributed by atoms with Crippen molar-refractivity contribution >= 4 is 11.8 Å². The Morgan fingerprint density at radius 1 is 1.04 bits per heavy atom. The van der Waals surface area contributed by atoms with Gasteiger partial charge in [-0.1, -0.05) is 42.5 Å². The van der Waals surface area contributed by atoms with E-state index in [0.717, 1.165) is 5.56 Å². The second kappa shape index (κ2) is 9.71. The van der Waals surface area contributed by atoms with E-state index in [9.17, 15) is 14.0 Å².